The molecule has 5 rings (SSSR count). The summed E-state index contributed by atoms with van der Waals surface area (Å²) < 4.78 is 14.4. The molecule has 2 bridgehead atoms. The van der Waals surface area contributed by atoms with E-state index in [9.17, 15) is 0 Å². The maximum absolute atomic E-state index is 6.80. The van der Waals surface area contributed by atoms with Gasteiger partial charge in [0.15, 0.2) is 0 Å². The van der Waals surface area contributed by atoms with Crippen molar-refractivity contribution < 1.29 is 19.2 Å². The zero-order valence-electron chi connectivity index (χ0n) is 17.8. The SMILES string of the molecule is COc1ccc(SN2CCC3(CC2)OOC2(O3)C(C)CC3CC(C)CC2C3)cc1. The van der Waals surface area contributed by atoms with Gasteiger partial charge >= 0.3 is 0 Å². The van der Waals surface area contributed by atoms with Crippen molar-refractivity contribution in [2.24, 2.45) is 23.7 Å². The van der Waals surface area contributed by atoms with Gasteiger partial charge in [0.05, 0.1) is 7.11 Å². The maximum atomic E-state index is 6.80. The minimum absolute atomic E-state index is 0.393. The first-order valence-electron chi connectivity index (χ1n) is 11.1. The Morgan fingerprint density at radius 2 is 1.76 bits per heavy atom. The summed E-state index contributed by atoms with van der Waals surface area (Å²) in [6, 6.07) is 8.24. The summed E-state index contributed by atoms with van der Waals surface area (Å²) in [4.78, 5) is 13.4. The third kappa shape index (κ3) is 3.72. The van der Waals surface area contributed by atoms with Crippen LogP contribution in [0.3, 0.4) is 0 Å². The molecule has 29 heavy (non-hydrogen) atoms. The van der Waals surface area contributed by atoms with E-state index in [2.05, 4.69) is 30.3 Å². The van der Waals surface area contributed by atoms with E-state index in [1.807, 2.05) is 12.1 Å². The van der Waals surface area contributed by atoms with Gasteiger partial charge in [-0.2, -0.15) is 9.78 Å². The molecule has 0 aromatic heterocycles. The third-order valence-electron chi connectivity index (χ3n) is 7.43. The molecule has 160 valence electrons. The second-order valence-electron chi connectivity index (χ2n) is 9.61. The fraction of sp³-hybridized carbons (Fsp3) is 0.739. The van der Waals surface area contributed by atoms with Crippen molar-refractivity contribution in [3.05, 3.63) is 24.3 Å². The van der Waals surface area contributed by atoms with Crippen LogP contribution in [-0.2, 0) is 14.5 Å². The number of hydrogen-bond donors (Lipinski definition) is 0. The molecule has 2 saturated heterocycles. The van der Waals surface area contributed by atoms with Gasteiger partial charge < -0.3 is 9.47 Å². The molecule has 1 aromatic rings. The standard InChI is InChI=1S/C23H33NO4S/c1-16-12-18-14-17(2)23(19(13-16)15-18)26-22(27-28-23)8-10-24(11-9-22)29-21-6-4-20(25-3)5-7-21/h4-7,16-19H,8-15H2,1-3H3. The summed E-state index contributed by atoms with van der Waals surface area (Å²) in [6.07, 6.45) is 6.67. The highest BCUT2D eigenvalue weighted by molar-refractivity contribution is 7.97. The highest BCUT2D eigenvalue weighted by Gasteiger charge is 2.62. The van der Waals surface area contributed by atoms with Crippen molar-refractivity contribution in [2.75, 3.05) is 20.2 Å². The minimum Gasteiger partial charge on any atom is -0.497 e. The molecule has 4 aliphatic rings. The summed E-state index contributed by atoms with van der Waals surface area (Å²) in [6.45, 7) is 6.53. The highest BCUT2D eigenvalue weighted by Crippen LogP contribution is 2.57. The van der Waals surface area contributed by atoms with Gasteiger partial charge in [0.25, 0.3) is 0 Å². The van der Waals surface area contributed by atoms with Crippen molar-refractivity contribution >= 4 is 11.9 Å². The van der Waals surface area contributed by atoms with E-state index in [-0.39, 0.29) is 0 Å². The topological polar surface area (TPSA) is 40.2 Å². The predicted molar refractivity (Wildman–Crippen MR) is 112 cm³/mol. The van der Waals surface area contributed by atoms with Gasteiger partial charge in [-0.05, 0) is 73.7 Å². The fourth-order valence-electron chi connectivity index (χ4n) is 6.02. The molecule has 0 N–H and O–H groups in total. The summed E-state index contributed by atoms with van der Waals surface area (Å²) in [7, 11) is 1.70. The molecule has 2 aliphatic carbocycles. The Kier molecular flexibility index (Phi) is 5.36. The van der Waals surface area contributed by atoms with Crippen molar-refractivity contribution in [2.45, 2.75) is 68.8 Å². The molecule has 5 nitrogen and oxygen atoms in total. The van der Waals surface area contributed by atoms with Crippen LogP contribution in [0.1, 0.15) is 52.4 Å². The van der Waals surface area contributed by atoms with Crippen LogP contribution in [0.2, 0.25) is 0 Å². The number of ether oxygens (including phenoxy) is 2. The lowest BCUT2D eigenvalue weighted by molar-refractivity contribution is -0.380. The van der Waals surface area contributed by atoms with Gasteiger partial charge in [-0.1, -0.05) is 13.8 Å². The average Bonchev–Trinajstić information content (AvgIpc) is 3.10. The van der Waals surface area contributed by atoms with Crippen LogP contribution in [0.15, 0.2) is 29.2 Å². The molecule has 4 fully saturated rings. The summed E-state index contributed by atoms with van der Waals surface area (Å²) in [5.41, 5.74) is 0. The molecule has 2 heterocycles. The van der Waals surface area contributed by atoms with Crippen LogP contribution in [0.4, 0.5) is 0 Å². The van der Waals surface area contributed by atoms with Crippen molar-refractivity contribution in [1.82, 2.24) is 4.31 Å². The Balaban J connectivity index is 1.22. The van der Waals surface area contributed by atoms with Gasteiger partial charge in [0.2, 0.25) is 11.6 Å². The maximum Gasteiger partial charge on any atom is 0.210 e. The van der Waals surface area contributed by atoms with E-state index in [0.717, 1.165) is 43.5 Å². The molecule has 0 amide bonds. The molecule has 0 radical (unpaired) electrons. The Bertz CT molecular complexity index is 716. The van der Waals surface area contributed by atoms with Crippen molar-refractivity contribution in [3.63, 3.8) is 0 Å². The number of methoxy groups -OCH3 is 1. The Morgan fingerprint density at radius 1 is 1.00 bits per heavy atom. The summed E-state index contributed by atoms with van der Waals surface area (Å²) >= 11 is 1.79. The van der Waals surface area contributed by atoms with Gasteiger partial charge in [0.1, 0.15) is 5.75 Å². The minimum atomic E-state index is -0.571. The normalized spacial score (nSPS) is 39.1. The number of hydrogen-bond acceptors (Lipinski definition) is 6. The largest absolute Gasteiger partial charge is 0.497 e. The Hall–Kier alpha value is -0.790. The smallest absolute Gasteiger partial charge is 0.210 e. The Labute approximate surface area is 178 Å². The number of rotatable bonds is 3. The molecular formula is C23H33NO4S. The van der Waals surface area contributed by atoms with E-state index >= 15 is 0 Å². The van der Waals surface area contributed by atoms with E-state index < -0.39 is 11.6 Å². The molecule has 2 aliphatic heterocycles. The number of nitrogens with zero attached hydrogens (tertiary/aromatic N) is 1. The molecular weight excluding hydrogens is 386 g/mol. The quantitative estimate of drug-likeness (QED) is 0.492. The van der Waals surface area contributed by atoms with E-state index in [4.69, 9.17) is 19.2 Å². The lowest BCUT2D eigenvalue weighted by Gasteiger charge is -2.50. The van der Waals surface area contributed by atoms with E-state index in [1.165, 1.54) is 30.6 Å². The van der Waals surface area contributed by atoms with Gasteiger partial charge in [-0.25, -0.2) is 4.31 Å². The molecule has 6 heteroatoms. The lowest BCUT2D eigenvalue weighted by Crippen LogP contribution is -2.54. The van der Waals surface area contributed by atoms with Gasteiger partial charge in [-0.15, -0.1) is 0 Å². The second kappa shape index (κ2) is 7.72. The first kappa shape index (κ1) is 20.1. The van der Waals surface area contributed by atoms with Crippen LogP contribution in [0.5, 0.6) is 5.75 Å². The number of piperidine rings is 1. The van der Waals surface area contributed by atoms with Crippen LogP contribution in [0.25, 0.3) is 0 Å². The first-order valence-corrected chi connectivity index (χ1v) is 11.9. The number of fused-ring (bicyclic) bond motifs is 3. The van der Waals surface area contributed by atoms with E-state index in [0.29, 0.717) is 11.8 Å². The van der Waals surface area contributed by atoms with Gasteiger partial charge in [-0.3, -0.25) is 0 Å². The van der Waals surface area contributed by atoms with Crippen LogP contribution < -0.4 is 4.74 Å². The zero-order chi connectivity index (χ0) is 20.1. The molecule has 1 aromatic carbocycles. The second-order valence-corrected chi connectivity index (χ2v) is 10.8. The average molecular weight is 420 g/mol. The van der Waals surface area contributed by atoms with Crippen molar-refractivity contribution in [1.29, 1.82) is 0 Å². The molecule has 2 spiro atoms. The van der Waals surface area contributed by atoms with Crippen molar-refractivity contribution in [3.8, 4) is 5.75 Å². The lowest BCUT2D eigenvalue weighted by atomic mass is 9.62. The third-order valence-corrected chi connectivity index (χ3v) is 8.54. The van der Waals surface area contributed by atoms with Gasteiger partial charge in [0, 0.05) is 42.7 Å². The number of benzene rings is 1. The first-order chi connectivity index (χ1) is 14.0. The Morgan fingerprint density at radius 3 is 2.48 bits per heavy atom. The van der Waals surface area contributed by atoms with Crippen LogP contribution >= 0.6 is 11.9 Å². The highest BCUT2D eigenvalue weighted by atomic mass is 32.2. The fourth-order valence-corrected chi connectivity index (χ4v) is 6.94. The summed E-state index contributed by atoms with van der Waals surface area (Å²) in [5.74, 6) is 2.24. The van der Waals surface area contributed by atoms with Crippen LogP contribution in [0, 0.1) is 23.7 Å². The molecule has 2 saturated carbocycles. The molecule has 5 atom stereocenters. The summed E-state index contributed by atoms with van der Waals surface area (Å²) in [5, 5.41) is 0. The monoisotopic (exact) mass is 419 g/mol. The van der Waals surface area contributed by atoms with E-state index in [1.54, 1.807) is 19.1 Å². The molecule has 5 unspecified atom stereocenters. The zero-order valence-corrected chi connectivity index (χ0v) is 18.6. The predicted octanol–water partition coefficient (Wildman–Crippen LogP) is 5.26. The van der Waals surface area contributed by atoms with Crippen LogP contribution in [-0.4, -0.2) is 36.1 Å².